The molecular formula is C20H30N4O2. The van der Waals surface area contributed by atoms with Gasteiger partial charge in [-0.2, -0.15) is 0 Å². The van der Waals surface area contributed by atoms with Gasteiger partial charge < -0.3 is 20.4 Å². The van der Waals surface area contributed by atoms with E-state index in [0.29, 0.717) is 12.5 Å². The van der Waals surface area contributed by atoms with E-state index in [2.05, 4.69) is 15.6 Å². The number of aromatic nitrogens is 2. The molecule has 0 aliphatic heterocycles. The third kappa shape index (κ3) is 4.55. The molecule has 1 aromatic carbocycles. The van der Waals surface area contributed by atoms with E-state index in [4.69, 9.17) is 9.72 Å². The molecule has 0 atom stereocenters. The van der Waals surface area contributed by atoms with Crippen molar-refractivity contribution in [3.05, 3.63) is 18.0 Å². The van der Waals surface area contributed by atoms with E-state index in [0.717, 1.165) is 41.2 Å². The maximum Gasteiger partial charge on any atom is 0.250 e. The van der Waals surface area contributed by atoms with E-state index in [-0.39, 0.29) is 12.5 Å². The van der Waals surface area contributed by atoms with Crippen LogP contribution in [-0.4, -0.2) is 35.6 Å². The number of nitrogens with zero attached hydrogens (tertiary/aromatic N) is 1. The molecule has 0 radical (unpaired) electrons. The molecule has 3 N–H and O–H groups in total. The zero-order valence-electron chi connectivity index (χ0n) is 15.9. The largest absolute Gasteiger partial charge is 0.384 e. The zero-order valence-corrected chi connectivity index (χ0v) is 15.9. The number of carbonyl (C=O) groups is 1. The van der Waals surface area contributed by atoms with Crippen molar-refractivity contribution >= 4 is 28.3 Å². The van der Waals surface area contributed by atoms with Crippen molar-refractivity contribution in [2.75, 3.05) is 30.4 Å². The molecule has 0 spiro atoms. The molecule has 1 fully saturated rings. The summed E-state index contributed by atoms with van der Waals surface area (Å²) in [5.74, 6) is 1.47. The zero-order chi connectivity index (χ0) is 18.4. The van der Waals surface area contributed by atoms with Gasteiger partial charge in [0.25, 0.3) is 0 Å². The number of H-pyrrole nitrogens is 1. The first kappa shape index (κ1) is 18.7. The van der Waals surface area contributed by atoms with Crippen molar-refractivity contribution in [2.45, 2.75) is 58.3 Å². The van der Waals surface area contributed by atoms with Crippen LogP contribution in [0.4, 0.5) is 11.4 Å². The Morgan fingerprint density at radius 2 is 2.04 bits per heavy atom. The molecule has 1 amide bonds. The quantitative estimate of drug-likeness (QED) is 0.611. The third-order valence-electron chi connectivity index (χ3n) is 4.85. The van der Waals surface area contributed by atoms with Crippen molar-refractivity contribution < 1.29 is 9.53 Å². The monoisotopic (exact) mass is 358 g/mol. The Hall–Kier alpha value is -2.08. The maximum atomic E-state index is 12.1. The van der Waals surface area contributed by atoms with Crippen LogP contribution in [0.25, 0.3) is 11.0 Å². The fourth-order valence-electron chi connectivity index (χ4n) is 3.58. The van der Waals surface area contributed by atoms with Crippen LogP contribution in [0.3, 0.4) is 0 Å². The van der Waals surface area contributed by atoms with Gasteiger partial charge in [0.2, 0.25) is 5.91 Å². The average molecular weight is 358 g/mol. The Labute approximate surface area is 155 Å². The summed E-state index contributed by atoms with van der Waals surface area (Å²) in [7, 11) is 0. The number of hydrogen-bond acceptors (Lipinski definition) is 4. The average Bonchev–Trinajstić information content (AvgIpc) is 3.06. The highest BCUT2D eigenvalue weighted by Crippen LogP contribution is 2.34. The molecule has 142 valence electrons. The number of rotatable bonds is 8. The van der Waals surface area contributed by atoms with Crippen LogP contribution in [0.2, 0.25) is 0 Å². The van der Waals surface area contributed by atoms with Crippen molar-refractivity contribution in [3.63, 3.8) is 0 Å². The summed E-state index contributed by atoms with van der Waals surface area (Å²) >= 11 is 0. The van der Waals surface area contributed by atoms with Gasteiger partial charge in [0, 0.05) is 19.1 Å². The molecule has 0 unspecified atom stereocenters. The Morgan fingerprint density at radius 1 is 1.23 bits per heavy atom. The molecule has 26 heavy (non-hydrogen) atoms. The van der Waals surface area contributed by atoms with Gasteiger partial charge in [0.1, 0.15) is 12.4 Å². The minimum absolute atomic E-state index is 0.0771. The molecule has 6 heteroatoms. The fourth-order valence-corrected chi connectivity index (χ4v) is 3.58. The molecule has 0 bridgehead atoms. The van der Waals surface area contributed by atoms with Crippen LogP contribution in [0.15, 0.2) is 12.1 Å². The minimum Gasteiger partial charge on any atom is -0.384 e. The van der Waals surface area contributed by atoms with Gasteiger partial charge in [0.15, 0.2) is 0 Å². The Morgan fingerprint density at radius 3 is 2.77 bits per heavy atom. The number of imidazole rings is 1. The minimum atomic E-state index is -0.135. The standard InChI is InChI=1S/C20H30N4O2/c1-3-10-26-13-19(25)22-16-12-18-17(11-15(16)21-4-2)23-20(24-18)14-8-6-5-7-9-14/h11-12,14,21H,3-10,13H2,1-2H3,(H,22,25)(H,23,24). The SMILES string of the molecule is CCCOCC(=O)Nc1cc2[nH]c(C3CCCCC3)nc2cc1NCC. The summed E-state index contributed by atoms with van der Waals surface area (Å²) < 4.78 is 5.33. The van der Waals surface area contributed by atoms with Gasteiger partial charge >= 0.3 is 0 Å². The molecule has 1 aliphatic carbocycles. The van der Waals surface area contributed by atoms with Crippen LogP contribution in [0, 0.1) is 0 Å². The van der Waals surface area contributed by atoms with Crippen LogP contribution in [-0.2, 0) is 9.53 Å². The van der Waals surface area contributed by atoms with Crippen LogP contribution < -0.4 is 10.6 Å². The second-order valence-electron chi connectivity index (χ2n) is 7.00. The molecule has 1 aromatic heterocycles. The second kappa shape index (κ2) is 9.03. The molecule has 0 saturated heterocycles. The van der Waals surface area contributed by atoms with Crippen molar-refractivity contribution in [1.82, 2.24) is 9.97 Å². The highest BCUT2D eigenvalue weighted by atomic mass is 16.5. The Bertz CT molecular complexity index is 735. The summed E-state index contributed by atoms with van der Waals surface area (Å²) in [5.41, 5.74) is 3.58. The van der Waals surface area contributed by atoms with Gasteiger partial charge in [-0.25, -0.2) is 4.98 Å². The topological polar surface area (TPSA) is 79.0 Å². The van der Waals surface area contributed by atoms with Gasteiger partial charge in [-0.15, -0.1) is 0 Å². The number of benzene rings is 1. The summed E-state index contributed by atoms with van der Waals surface area (Å²) in [6.07, 6.45) is 7.21. The van der Waals surface area contributed by atoms with Gasteiger partial charge in [-0.3, -0.25) is 4.79 Å². The first-order valence-electron chi connectivity index (χ1n) is 9.86. The van der Waals surface area contributed by atoms with Crippen molar-refractivity contribution in [2.24, 2.45) is 0 Å². The predicted octanol–water partition coefficient (Wildman–Crippen LogP) is 4.41. The summed E-state index contributed by atoms with van der Waals surface area (Å²) in [5, 5.41) is 6.28. The van der Waals surface area contributed by atoms with E-state index in [9.17, 15) is 4.79 Å². The fraction of sp³-hybridized carbons (Fsp3) is 0.600. The van der Waals surface area contributed by atoms with Crippen molar-refractivity contribution in [3.8, 4) is 0 Å². The Kier molecular flexibility index (Phi) is 6.50. The molecule has 3 rings (SSSR count). The van der Waals surface area contributed by atoms with Gasteiger partial charge in [-0.1, -0.05) is 26.2 Å². The number of fused-ring (bicyclic) bond motifs is 1. The van der Waals surface area contributed by atoms with Gasteiger partial charge in [-0.05, 0) is 38.3 Å². The lowest BCUT2D eigenvalue weighted by Gasteiger charge is -2.18. The number of aromatic amines is 1. The normalized spacial score (nSPS) is 15.3. The lowest BCUT2D eigenvalue weighted by atomic mass is 9.89. The van der Waals surface area contributed by atoms with Crippen molar-refractivity contribution in [1.29, 1.82) is 0 Å². The summed E-state index contributed by atoms with van der Waals surface area (Å²) in [4.78, 5) is 20.4. The molecule has 1 saturated carbocycles. The summed E-state index contributed by atoms with van der Waals surface area (Å²) in [6.45, 7) is 5.52. The first-order valence-corrected chi connectivity index (χ1v) is 9.86. The lowest BCUT2D eigenvalue weighted by Crippen LogP contribution is -2.19. The maximum absolute atomic E-state index is 12.1. The van der Waals surface area contributed by atoms with Crippen LogP contribution in [0.1, 0.15) is 64.1 Å². The van der Waals surface area contributed by atoms with E-state index in [1.54, 1.807) is 0 Å². The van der Waals surface area contributed by atoms with E-state index >= 15 is 0 Å². The highest BCUT2D eigenvalue weighted by molar-refractivity contribution is 5.98. The summed E-state index contributed by atoms with van der Waals surface area (Å²) in [6, 6.07) is 3.99. The lowest BCUT2D eigenvalue weighted by molar-refractivity contribution is -0.120. The van der Waals surface area contributed by atoms with E-state index < -0.39 is 0 Å². The highest BCUT2D eigenvalue weighted by Gasteiger charge is 2.19. The molecule has 1 aliphatic rings. The number of anilines is 2. The number of carbonyl (C=O) groups excluding carboxylic acids is 1. The number of nitrogens with one attached hydrogen (secondary N) is 3. The van der Waals surface area contributed by atoms with E-state index in [1.165, 1.54) is 32.1 Å². The number of amides is 1. The smallest absolute Gasteiger partial charge is 0.250 e. The third-order valence-corrected chi connectivity index (χ3v) is 4.85. The number of ether oxygens (including phenoxy) is 1. The van der Waals surface area contributed by atoms with Gasteiger partial charge in [0.05, 0.1) is 22.4 Å². The second-order valence-corrected chi connectivity index (χ2v) is 7.00. The van der Waals surface area contributed by atoms with Crippen LogP contribution >= 0.6 is 0 Å². The predicted molar refractivity (Wildman–Crippen MR) is 106 cm³/mol. The van der Waals surface area contributed by atoms with E-state index in [1.807, 2.05) is 26.0 Å². The molecule has 1 heterocycles. The Balaban J connectivity index is 1.81. The molecular weight excluding hydrogens is 328 g/mol. The molecule has 6 nitrogen and oxygen atoms in total. The number of hydrogen-bond donors (Lipinski definition) is 3. The van der Waals surface area contributed by atoms with Crippen LogP contribution in [0.5, 0.6) is 0 Å². The first-order chi connectivity index (χ1) is 12.7. The molecule has 2 aromatic rings.